The zero-order chi connectivity index (χ0) is 37.9. The first-order valence-corrected chi connectivity index (χ1v) is 26.9. The van der Waals surface area contributed by atoms with Crippen LogP contribution in [0.1, 0.15) is 79.7 Å². The van der Waals surface area contributed by atoms with E-state index in [1.807, 2.05) is 39.0 Å². The number of aliphatic hydroxyl groups excluding tert-OH is 1. The molecule has 0 saturated heterocycles. The summed E-state index contributed by atoms with van der Waals surface area (Å²) >= 11 is 1.92. The fourth-order valence-electron chi connectivity index (χ4n) is 7.07. The van der Waals surface area contributed by atoms with Crippen molar-refractivity contribution in [2.75, 3.05) is 0 Å². The van der Waals surface area contributed by atoms with Gasteiger partial charge in [-0.1, -0.05) is 129 Å². The smallest absolute Gasteiger partial charge is 0.162 e. The first kappa shape index (κ1) is 44.0. The Morgan fingerprint density at radius 3 is 2.00 bits per heavy atom. The molecule has 0 aliphatic rings. The Balaban J connectivity index is 0.000000389. The molecule has 2 aromatic heterocycles. The molecule has 5 rings (SSSR count). The van der Waals surface area contributed by atoms with Gasteiger partial charge in [-0.05, 0) is 65.1 Å². The third kappa shape index (κ3) is 10.4. The van der Waals surface area contributed by atoms with Crippen molar-refractivity contribution in [2.45, 2.75) is 120 Å². The number of nitrogens with zero attached hydrogens (tertiary/aromatic N) is 1. The molecule has 0 amide bonds. The van der Waals surface area contributed by atoms with E-state index in [0.29, 0.717) is 0 Å². The van der Waals surface area contributed by atoms with Crippen LogP contribution in [0.15, 0.2) is 66.6 Å². The Hall–Kier alpha value is -2.42. The first-order chi connectivity index (χ1) is 23.8. The second-order valence-corrected chi connectivity index (χ2v) is 28.7. The Morgan fingerprint density at radius 2 is 1.44 bits per heavy atom. The number of hydrogen-bond donors (Lipinski definition) is 1. The van der Waals surface area contributed by atoms with Crippen molar-refractivity contribution in [3.05, 3.63) is 78.2 Å². The minimum absolute atomic E-state index is 0. The van der Waals surface area contributed by atoms with Crippen LogP contribution in [-0.4, -0.2) is 32.0 Å². The number of carbonyl (C=O) groups excluding carboxylic acids is 1. The van der Waals surface area contributed by atoms with Crippen molar-refractivity contribution in [1.82, 2.24) is 4.98 Å². The molecule has 0 atom stereocenters. The summed E-state index contributed by atoms with van der Waals surface area (Å²) in [6, 6.07) is 22.1. The number of thiophene rings is 1. The van der Waals surface area contributed by atoms with Gasteiger partial charge in [0, 0.05) is 59.3 Å². The summed E-state index contributed by atoms with van der Waals surface area (Å²) in [6.45, 7) is 29.6. The third-order valence-electron chi connectivity index (χ3n) is 10.0. The van der Waals surface area contributed by atoms with Crippen LogP contribution in [0.2, 0.25) is 39.3 Å². The summed E-state index contributed by atoms with van der Waals surface area (Å²) in [7, 11) is -3.17. The number of hydrogen-bond acceptors (Lipinski definition) is 4. The van der Waals surface area contributed by atoms with Gasteiger partial charge in [0.1, 0.15) is 0 Å². The van der Waals surface area contributed by atoms with Crippen molar-refractivity contribution < 1.29 is 30.0 Å². The van der Waals surface area contributed by atoms with E-state index in [4.69, 9.17) is 4.98 Å². The number of aliphatic hydroxyl groups is 1. The van der Waals surface area contributed by atoms with E-state index < -0.39 is 16.1 Å². The number of aromatic nitrogens is 1. The molecule has 3 aromatic carbocycles. The van der Waals surface area contributed by atoms with Crippen molar-refractivity contribution >= 4 is 74.6 Å². The fourth-order valence-corrected chi connectivity index (χ4v) is 11.5. The molecule has 0 aliphatic carbocycles. The summed E-state index contributed by atoms with van der Waals surface area (Å²) in [6.07, 6.45) is 8.18. The van der Waals surface area contributed by atoms with Gasteiger partial charge in [-0.25, -0.2) is 0 Å². The van der Waals surface area contributed by atoms with E-state index in [9.17, 15) is 9.90 Å². The average molecular weight is 929 g/mol. The molecule has 52 heavy (non-hydrogen) atoms. The van der Waals surface area contributed by atoms with Gasteiger partial charge in [0.25, 0.3) is 0 Å². The summed E-state index contributed by atoms with van der Waals surface area (Å²) in [5, 5.41) is 18.1. The maximum atomic E-state index is 11.7. The second-order valence-electron chi connectivity index (χ2n) is 17.5. The van der Waals surface area contributed by atoms with E-state index in [0.717, 1.165) is 43.4 Å². The van der Waals surface area contributed by atoms with E-state index in [-0.39, 0.29) is 48.9 Å². The van der Waals surface area contributed by atoms with Crippen molar-refractivity contribution in [2.24, 2.45) is 17.3 Å². The van der Waals surface area contributed by atoms with Gasteiger partial charge in [0.2, 0.25) is 0 Å². The topological polar surface area (TPSA) is 50.2 Å². The van der Waals surface area contributed by atoms with Crippen LogP contribution in [-0.2, 0) is 31.3 Å². The molecule has 0 saturated carbocycles. The Labute approximate surface area is 334 Å². The van der Waals surface area contributed by atoms with Crippen LogP contribution >= 0.6 is 11.3 Å². The van der Waals surface area contributed by atoms with Crippen LogP contribution < -0.4 is 10.4 Å². The molecule has 0 spiro atoms. The van der Waals surface area contributed by atoms with Gasteiger partial charge in [-0.3, -0.25) is 9.78 Å². The molecule has 1 N–H and O–H groups in total. The molecule has 3 nitrogen and oxygen atoms in total. The van der Waals surface area contributed by atoms with Gasteiger partial charge in [-0.15, -0.1) is 40.1 Å². The second kappa shape index (κ2) is 17.8. The Bertz CT molecular complexity index is 2020. The molecule has 0 aliphatic heterocycles. The van der Waals surface area contributed by atoms with E-state index in [1.54, 1.807) is 0 Å². The van der Waals surface area contributed by atoms with Crippen LogP contribution in [0.4, 0.5) is 0 Å². The van der Waals surface area contributed by atoms with E-state index in [1.165, 1.54) is 53.0 Å². The quantitative estimate of drug-likeness (QED) is 0.0621. The van der Waals surface area contributed by atoms with Gasteiger partial charge < -0.3 is 5.11 Å². The van der Waals surface area contributed by atoms with Crippen LogP contribution in [0.25, 0.3) is 42.2 Å². The van der Waals surface area contributed by atoms with Gasteiger partial charge in [0.05, 0.1) is 21.9 Å². The standard InChI is InChI=1S/C32H38NSSi2.C13H24O2.Ir/c1-32(2,3)19-21-14-15-25-26(16-21)34-31-29(25)28(36(7,8)9)20-33-30(31)23-17-22-12-10-11-13-24(22)27(18-23)35(4,5)6;1-5-10(6-2)12(14)9-13(15)11(7-3)8-4;/h10-16,18,20H,19H2,1-9H3;9-11,14H,5-8H2,1-4H3;/q-1;;/b;12-9-;. The monoisotopic (exact) mass is 929 g/mol. The maximum Gasteiger partial charge on any atom is 0.162 e. The number of benzene rings is 3. The van der Waals surface area contributed by atoms with Gasteiger partial charge >= 0.3 is 0 Å². The zero-order valence-electron chi connectivity index (χ0n) is 34.0. The van der Waals surface area contributed by atoms with E-state index in [2.05, 4.69) is 121 Å². The number of carbonyl (C=O) groups is 1. The average Bonchev–Trinajstić information content (AvgIpc) is 3.42. The first-order valence-electron chi connectivity index (χ1n) is 19.1. The molecule has 5 aromatic rings. The molecule has 0 fully saturated rings. The molecule has 283 valence electrons. The van der Waals surface area contributed by atoms with Crippen molar-refractivity contribution in [3.63, 3.8) is 0 Å². The number of allylic oxidation sites excluding steroid dienone is 2. The third-order valence-corrected chi connectivity index (χ3v) is 15.2. The van der Waals surface area contributed by atoms with Crippen LogP contribution in [0, 0.1) is 23.3 Å². The van der Waals surface area contributed by atoms with Crippen LogP contribution in [0.5, 0.6) is 0 Å². The largest absolute Gasteiger partial charge is 0.512 e. The van der Waals surface area contributed by atoms with Crippen LogP contribution in [0.3, 0.4) is 0 Å². The molecule has 2 heterocycles. The molecule has 1 radical (unpaired) electrons. The number of pyridine rings is 1. The number of rotatable bonds is 11. The Morgan fingerprint density at radius 1 is 0.846 bits per heavy atom. The maximum absolute atomic E-state index is 11.7. The van der Waals surface area contributed by atoms with E-state index >= 15 is 0 Å². The van der Waals surface area contributed by atoms with Gasteiger partial charge in [-0.2, -0.15) is 0 Å². The van der Waals surface area contributed by atoms with Gasteiger partial charge in [0.15, 0.2) is 5.78 Å². The summed E-state index contributed by atoms with van der Waals surface area (Å²) < 4.78 is 2.71. The normalized spacial score (nSPS) is 12.8. The SMILES string of the molecule is CC(C)(C)Cc1ccc2c(c1)sc1c(-c3[c-]c4ccccc4c([Si](C)(C)C)c3)ncc([Si](C)(C)C)c12.CCC(CC)C(=O)/C=C(\O)C(CC)CC.[Ir]. The predicted octanol–water partition coefficient (Wildman–Crippen LogP) is 12.6. The van der Waals surface area contributed by atoms with Crippen molar-refractivity contribution in [1.29, 1.82) is 0 Å². The molecule has 0 bridgehead atoms. The van der Waals surface area contributed by atoms with Crippen molar-refractivity contribution in [3.8, 4) is 11.3 Å². The summed E-state index contributed by atoms with van der Waals surface area (Å²) in [5.41, 5.74) is 3.92. The summed E-state index contributed by atoms with van der Waals surface area (Å²) in [5.74, 6) is 0.547. The predicted molar refractivity (Wildman–Crippen MR) is 232 cm³/mol. The molecular formula is C45H62IrNO2SSi2-. The number of fused-ring (bicyclic) bond motifs is 4. The molecule has 7 heteroatoms. The summed E-state index contributed by atoms with van der Waals surface area (Å²) in [4.78, 5) is 16.9. The minimum Gasteiger partial charge on any atom is -0.512 e. The fraction of sp³-hybridized carbons (Fsp3) is 0.467. The minimum atomic E-state index is -1.60. The zero-order valence-corrected chi connectivity index (χ0v) is 39.2. The molecule has 0 unspecified atom stereocenters. The number of ketones is 1. The Kier molecular flexibility index (Phi) is 15.1. The molecular weight excluding hydrogens is 867 g/mol.